The van der Waals surface area contributed by atoms with Gasteiger partial charge in [0.15, 0.2) is 0 Å². The van der Waals surface area contributed by atoms with Gasteiger partial charge >= 0.3 is 5.97 Å². The van der Waals surface area contributed by atoms with Crippen LogP contribution in [0, 0.1) is 13.8 Å². The van der Waals surface area contributed by atoms with Crippen molar-refractivity contribution in [2.75, 3.05) is 6.26 Å². The van der Waals surface area contributed by atoms with Gasteiger partial charge in [-0.1, -0.05) is 0 Å². The zero-order chi connectivity index (χ0) is 11.6. The lowest BCUT2D eigenvalue weighted by Crippen LogP contribution is -2.09. The Balaban J connectivity index is 3.27. The fourth-order valence-corrected chi connectivity index (χ4v) is 2.09. The van der Waals surface area contributed by atoms with Crippen LogP contribution in [0.1, 0.15) is 29.5 Å². The van der Waals surface area contributed by atoms with Crippen LogP contribution >= 0.6 is 11.8 Å². The Hall–Kier alpha value is -0.960. The van der Waals surface area contributed by atoms with Crippen LogP contribution < -0.4 is 0 Å². The van der Waals surface area contributed by atoms with Crippen molar-refractivity contribution in [3.8, 4) is 0 Å². The highest BCUT2D eigenvalue weighted by Gasteiger charge is 2.17. The van der Waals surface area contributed by atoms with E-state index in [0.29, 0.717) is 0 Å². The fraction of sp³-hybridized carbons (Fsp3) is 0.417. The maximum Gasteiger partial charge on any atom is 0.310 e. The van der Waals surface area contributed by atoms with Gasteiger partial charge < -0.3 is 5.11 Å². The predicted molar refractivity (Wildman–Crippen MR) is 63.7 cm³/mol. The van der Waals surface area contributed by atoms with Crippen LogP contribution in [0.2, 0.25) is 0 Å². The Morgan fingerprint density at radius 3 is 2.47 bits per heavy atom. The second-order valence-electron chi connectivity index (χ2n) is 3.72. The third-order valence-electron chi connectivity index (χ3n) is 2.75. The molecule has 1 N–H and O–H groups in total. The molecule has 0 spiro atoms. The van der Waals surface area contributed by atoms with E-state index in [0.717, 1.165) is 21.6 Å². The first-order valence-corrected chi connectivity index (χ1v) is 6.07. The van der Waals surface area contributed by atoms with Gasteiger partial charge in [0.25, 0.3) is 0 Å². The van der Waals surface area contributed by atoms with E-state index in [9.17, 15) is 4.79 Å². The predicted octanol–water partition coefficient (Wildman–Crippen LogP) is 3.21. The van der Waals surface area contributed by atoms with Crippen LogP contribution in [0.15, 0.2) is 17.0 Å². The van der Waals surface area contributed by atoms with Crippen LogP contribution in [0.25, 0.3) is 0 Å². The quantitative estimate of drug-likeness (QED) is 0.801. The number of hydrogen-bond donors (Lipinski definition) is 1. The van der Waals surface area contributed by atoms with Gasteiger partial charge in [-0.15, -0.1) is 11.8 Å². The minimum absolute atomic E-state index is 0.434. The summed E-state index contributed by atoms with van der Waals surface area (Å²) in [5.74, 6) is -1.20. The molecule has 0 saturated heterocycles. The Bertz CT molecular complexity index is 385. The van der Waals surface area contributed by atoms with E-state index >= 15 is 0 Å². The summed E-state index contributed by atoms with van der Waals surface area (Å²) in [4.78, 5) is 12.1. The largest absolute Gasteiger partial charge is 0.481 e. The molecule has 1 unspecified atom stereocenters. The number of carbonyl (C=O) groups is 1. The standard InChI is InChI=1S/C12H16O2S/c1-7-5-10(15-4)6-11(8(7)2)9(3)12(13)14/h5-6,9H,1-4H3,(H,13,14). The highest BCUT2D eigenvalue weighted by Crippen LogP contribution is 2.28. The molecule has 1 rings (SSSR count). The fourth-order valence-electron chi connectivity index (χ4n) is 1.55. The molecule has 0 aliphatic carbocycles. The molecule has 0 heterocycles. The van der Waals surface area contributed by atoms with Crippen molar-refractivity contribution in [2.45, 2.75) is 31.6 Å². The molecule has 82 valence electrons. The van der Waals surface area contributed by atoms with E-state index in [-0.39, 0.29) is 0 Å². The molecule has 15 heavy (non-hydrogen) atoms. The lowest BCUT2D eigenvalue weighted by atomic mass is 9.94. The average Bonchev–Trinajstić information content (AvgIpc) is 2.20. The second kappa shape index (κ2) is 4.71. The van der Waals surface area contributed by atoms with Crippen molar-refractivity contribution in [2.24, 2.45) is 0 Å². The Labute approximate surface area is 94.7 Å². The first kappa shape index (κ1) is 12.1. The van der Waals surface area contributed by atoms with Gasteiger partial charge in [-0.3, -0.25) is 4.79 Å². The molecular formula is C12H16O2S. The number of aryl methyl sites for hydroxylation is 1. The molecule has 0 amide bonds. The summed E-state index contributed by atoms with van der Waals surface area (Å²) in [5, 5.41) is 9.01. The lowest BCUT2D eigenvalue weighted by molar-refractivity contribution is -0.138. The minimum atomic E-state index is -0.768. The van der Waals surface area contributed by atoms with E-state index in [4.69, 9.17) is 5.11 Å². The van der Waals surface area contributed by atoms with Gasteiger partial charge in [-0.05, 0) is 55.9 Å². The SMILES string of the molecule is CSc1cc(C)c(C)c(C(C)C(=O)O)c1. The number of carboxylic acids is 1. The average molecular weight is 224 g/mol. The van der Waals surface area contributed by atoms with Crippen molar-refractivity contribution in [3.05, 3.63) is 28.8 Å². The maximum atomic E-state index is 11.0. The van der Waals surface area contributed by atoms with Crippen molar-refractivity contribution in [3.63, 3.8) is 0 Å². The Morgan fingerprint density at radius 1 is 1.40 bits per heavy atom. The zero-order valence-corrected chi connectivity index (χ0v) is 10.3. The van der Waals surface area contributed by atoms with Crippen LogP contribution in [0.3, 0.4) is 0 Å². The van der Waals surface area contributed by atoms with E-state index in [1.54, 1.807) is 18.7 Å². The zero-order valence-electron chi connectivity index (χ0n) is 9.50. The molecule has 0 saturated carbocycles. The Kier molecular flexibility index (Phi) is 3.80. The van der Waals surface area contributed by atoms with Gasteiger partial charge in [0.1, 0.15) is 0 Å². The van der Waals surface area contributed by atoms with E-state index in [1.165, 1.54) is 0 Å². The summed E-state index contributed by atoms with van der Waals surface area (Å²) >= 11 is 1.64. The Morgan fingerprint density at radius 2 is 2.00 bits per heavy atom. The van der Waals surface area contributed by atoms with E-state index in [1.807, 2.05) is 26.2 Å². The first-order valence-electron chi connectivity index (χ1n) is 4.85. The van der Waals surface area contributed by atoms with Gasteiger partial charge in [-0.25, -0.2) is 0 Å². The van der Waals surface area contributed by atoms with Gasteiger partial charge in [0, 0.05) is 4.90 Å². The molecule has 0 fully saturated rings. The summed E-state index contributed by atoms with van der Waals surface area (Å²) in [6.45, 7) is 5.73. The third-order valence-corrected chi connectivity index (χ3v) is 3.46. The monoisotopic (exact) mass is 224 g/mol. The molecule has 1 aromatic carbocycles. The smallest absolute Gasteiger partial charge is 0.310 e. The molecule has 0 aliphatic rings. The summed E-state index contributed by atoms with van der Waals surface area (Å²) in [7, 11) is 0. The van der Waals surface area contributed by atoms with Gasteiger partial charge in [0.05, 0.1) is 5.92 Å². The third kappa shape index (κ3) is 2.53. The highest BCUT2D eigenvalue weighted by molar-refractivity contribution is 7.98. The lowest BCUT2D eigenvalue weighted by Gasteiger charge is -2.14. The van der Waals surface area contributed by atoms with Crippen LogP contribution in [0.5, 0.6) is 0 Å². The maximum absolute atomic E-state index is 11.0. The van der Waals surface area contributed by atoms with Crippen LogP contribution in [-0.2, 0) is 4.79 Å². The molecule has 0 bridgehead atoms. The van der Waals surface area contributed by atoms with Crippen molar-refractivity contribution < 1.29 is 9.90 Å². The molecular weight excluding hydrogens is 208 g/mol. The molecule has 0 aliphatic heterocycles. The number of hydrogen-bond acceptors (Lipinski definition) is 2. The molecule has 1 atom stereocenters. The number of benzene rings is 1. The minimum Gasteiger partial charge on any atom is -0.481 e. The summed E-state index contributed by atoms with van der Waals surface area (Å²) in [6.07, 6.45) is 2.00. The van der Waals surface area contributed by atoms with Crippen molar-refractivity contribution in [1.82, 2.24) is 0 Å². The normalized spacial score (nSPS) is 12.5. The molecule has 0 aromatic heterocycles. The number of carboxylic acid groups (broad SMARTS) is 1. The van der Waals surface area contributed by atoms with Gasteiger partial charge in [-0.2, -0.15) is 0 Å². The number of rotatable bonds is 3. The number of thioether (sulfide) groups is 1. The molecule has 3 heteroatoms. The topological polar surface area (TPSA) is 37.3 Å². The molecule has 1 aromatic rings. The summed E-state index contributed by atoms with van der Waals surface area (Å²) in [5.41, 5.74) is 3.17. The summed E-state index contributed by atoms with van der Waals surface area (Å²) in [6, 6.07) is 4.07. The first-order chi connectivity index (χ1) is 6.97. The van der Waals surface area contributed by atoms with Crippen molar-refractivity contribution in [1.29, 1.82) is 0 Å². The number of aliphatic carboxylic acids is 1. The van der Waals surface area contributed by atoms with Gasteiger partial charge in [0.2, 0.25) is 0 Å². The van der Waals surface area contributed by atoms with Crippen molar-refractivity contribution >= 4 is 17.7 Å². The molecule has 2 nitrogen and oxygen atoms in total. The summed E-state index contributed by atoms with van der Waals surface area (Å²) < 4.78 is 0. The highest BCUT2D eigenvalue weighted by atomic mass is 32.2. The second-order valence-corrected chi connectivity index (χ2v) is 4.60. The van der Waals surface area contributed by atoms with Crippen LogP contribution in [-0.4, -0.2) is 17.3 Å². The van der Waals surface area contributed by atoms with E-state index in [2.05, 4.69) is 6.07 Å². The van der Waals surface area contributed by atoms with E-state index < -0.39 is 11.9 Å². The van der Waals surface area contributed by atoms with Crippen LogP contribution in [0.4, 0.5) is 0 Å². The molecule has 0 radical (unpaired) electrons.